The molecular formula is C90H71F4N25O. The minimum Gasteiger partial charge on any atom is -0.506 e. The quantitative estimate of drug-likeness (QED) is 0.0316. The van der Waals surface area contributed by atoms with E-state index in [1.807, 2.05) is 128 Å². The van der Waals surface area contributed by atoms with Gasteiger partial charge in [0.15, 0.2) is 0 Å². The Morgan fingerprint density at radius 3 is 1.00 bits per heavy atom. The molecule has 0 atom stereocenters. The van der Waals surface area contributed by atoms with Crippen LogP contribution in [0.25, 0.3) is 111 Å². The Balaban J connectivity index is 0.000000112. The number of hydrogen-bond donors (Lipinski definition) is 11. The van der Waals surface area contributed by atoms with Gasteiger partial charge >= 0.3 is 6.18 Å². The Hall–Kier alpha value is -16.5. The summed E-state index contributed by atoms with van der Waals surface area (Å²) >= 11 is 0. The van der Waals surface area contributed by atoms with Crippen LogP contribution >= 0.6 is 0 Å². The lowest BCUT2D eigenvalue weighted by Crippen LogP contribution is -2.09. The van der Waals surface area contributed by atoms with Crippen molar-refractivity contribution in [2.75, 3.05) is 26.6 Å². The van der Waals surface area contributed by atoms with Crippen molar-refractivity contribution in [3.05, 3.63) is 327 Å². The van der Waals surface area contributed by atoms with Crippen LogP contribution in [0.15, 0.2) is 299 Å². The molecule has 15 aromatic heterocycles. The number of para-hydroxylation sites is 5. The van der Waals surface area contributed by atoms with Gasteiger partial charge in [0.05, 0.1) is 51.1 Å². The monoisotopic (exact) mass is 1590 g/mol. The summed E-state index contributed by atoms with van der Waals surface area (Å²) in [6.45, 7) is 6.29. The van der Waals surface area contributed by atoms with Crippen LogP contribution in [0.2, 0.25) is 0 Å². The zero-order valence-electron chi connectivity index (χ0n) is 64.2. The lowest BCUT2D eigenvalue weighted by atomic mass is 10.1. The number of benzene rings is 5. The van der Waals surface area contributed by atoms with Crippen LogP contribution in [0.1, 0.15) is 29.2 Å². The van der Waals surface area contributed by atoms with E-state index in [1.165, 1.54) is 47.2 Å². The third-order valence-electron chi connectivity index (χ3n) is 18.9. The van der Waals surface area contributed by atoms with Gasteiger partial charge in [-0.15, -0.1) is 0 Å². The molecule has 0 aliphatic carbocycles. The summed E-state index contributed by atoms with van der Waals surface area (Å²) in [6.07, 6.45) is 22.9. The largest absolute Gasteiger partial charge is 0.506 e. The molecule has 20 rings (SSSR count). The first kappa shape index (κ1) is 77.4. The van der Waals surface area contributed by atoms with Gasteiger partial charge in [0.2, 0.25) is 29.7 Å². The average molecular weight is 1590 g/mol. The molecule has 590 valence electrons. The van der Waals surface area contributed by atoms with Crippen molar-refractivity contribution in [2.45, 2.75) is 33.4 Å². The fourth-order valence-electron chi connectivity index (χ4n) is 13.2. The van der Waals surface area contributed by atoms with Gasteiger partial charge in [0, 0.05) is 159 Å². The molecule has 0 radical (unpaired) electrons. The number of phenolic OH excluding ortho intramolecular Hbond substituents is 1. The van der Waals surface area contributed by atoms with Crippen molar-refractivity contribution in [1.82, 2.24) is 99.7 Å². The molecule has 0 aliphatic heterocycles. The molecule has 120 heavy (non-hydrogen) atoms. The Bertz CT molecular complexity index is 6800. The summed E-state index contributed by atoms with van der Waals surface area (Å²) in [7, 11) is 0. The number of anilines is 10. The molecule has 0 saturated heterocycles. The highest BCUT2D eigenvalue weighted by Crippen LogP contribution is 2.38. The van der Waals surface area contributed by atoms with Gasteiger partial charge in [-0.25, -0.2) is 79.2 Å². The van der Waals surface area contributed by atoms with Crippen LogP contribution in [0.4, 0.5) is 75.7 Å². The fraction of sp³-hybridized carbons (Fsp3) is 0.0556. The molecule has 0 saturated carbocycles. The summed E-state index contributed by atoms with van der Waals surface area (Å²) in [5.41, 5.74) is 18.3. The number of alkyl halides is 3. The summed E-state index contributed by atoms with van der Waals surface area (Å²) in [6, 6.07) is 61.6. The van der Waals surface area contributed by atoms with Crippen LogP contribution in [-0.2, 0) is 12.6 Å². The van der Waals surface area contributed by atoms with E-state index in [0.717, 1.165) is 124 Å². The van der Waals surface area contributed by atoms with E-state index in [4.69, 9.17) is 0 Å². The SMILES string of the molecule is CCc1ccccc1Nc1nccc(-c2c[nH]c3ncccc23)n1.Cc1ccc(Nc2nccc(-c3c[nH]c4ncccc34)n2)c(C)c1.FC(F)(F)c1ccccc1Nc1nccc(-c2c[nH]c3ncccc23)n1.Fc1ccccc1Nc1nccc(-c2c[nH]c3ncccc23)n1.Oc1ccccc1Nc1nccc(-c2c[nH]c3ncccc23)n1. The summed E-state index contributed by atoms with van der Waals surface area (Å²) in [4.78, 5) is 80.8. The van der Waals surface area contributed by atoms with Gasteiger partial charge in [-0.05, 0) is 171 Å². The van der Waals surface area contributed by atoms with E-state index in [1.54, 1.807) is 110 Å². The lowest BCUT2D eigenvalue weighted by Gasteiger charge is -2.13. The Morgan fingerprint density at radius 1 is 0.317 bits per heavy atom. The summed E-state index contributed by atoms with van der Waals surface area (Å²) in [5, 5.41) is 30.0. The zero-order valence-corrected chi connectivity index (χ0v) is 64.2. The number of aromatic amines is 5. The maximum absolute atomic E-state index is 13.7. The molecule has 0 amide bonds. The normalized spacial score (nSPS) is 11.0. The number of aromatic nitrogens is 20. The van der Waals surface area contributed by atoms with E-state index >= 15 is 0 Å². The second-order valence-corrected chi connectivity index (χ2v) is 26.8. The smallest absolute Gasteiger partial charge is 0.418 e. The fourth-order valence-corrected chi connectivity index (χ4v) is 13.2. The molecule has 5 aromatic carbocycles. The summed E-state index contributed by atoms with van der Waals surface area (Å²) < 4.78 is 53.1. The Morgan fingerprint density at radius 2 is 0.633 bits per heavy atom. The number of nitrogens with zero attached hydrogens (tertiary/aromatic N) is 15. The zero-order chi connectivity index (χ0) is 82.3. The molecule has 11 N–H and O–H groups in total. The number of fused-ring (bicyclic) bond motifs is 5. The van der Waals surface area contributed by atoms with E-state index in [-0.39, 0.29) is 23.2 Å². The van der Waals surface area contributed by atoms with Gasteiger partial charge in [0.25, 0.3) is 0 Å². The highest BCUT2D eigenvalue weighted by Gasteiger charge is 2.33. The number of rotatable bonds is 16. The topological polar surface area (TPSA) is 353 Å². The minimum atomic E-state index is -4.47. The second kappa shape index (κ2) is 35.5. The van der Waals surface area contributed by atoms with Gasteiger partial charge in [-0.2, -0.15) is 13.2 Å². The van der Waals surface area contributed by atoms with Crippen molar-refractivity contribution in [3.8, 4) is 62.0 Å². The number of halogens is 4. The second-order valence-electron chi connectivity index (χ2n) is 26.8. The van der Waals surface area contributed by atoms with Crippen LogP contribution < -0.4 is 26.6 Å². The third-order valence-corrected chi connectivity index (χ3v) is 18.9. The highest BCUT2D eigenvalue weighted by molar-refractivity contribution is 5.96. The third kappa shape index (κ3) is 18.0. The van der Waals surface area contributed by atoms with Gasteiger partial charge < -0.3 is 56.6 Å². The van der Waals surface area contributed by atoms with Gasteiger partial charge in [-0.1, -0.05) is 79.2 Å². The van der Waals surface area contributed by atoms with Crippen LogP contribution in [0.3, 0.4) is 0 Å². The minimum absolute atomic E-state index is 0.0810. The lowest BCUT2D eigenvalue weighted by molar-refractivity contribution is -0.136. The first-order valence-electron chi connectivity index (χ1n) is 37.7. The van der Waals surface area contributed by atoms with Crippen molar-refractivity contribution in [2.24, 2.45) is 0 Å². The molecule has 30 heteroatoms. The van der Waals surface area contributed by atoms with E-state index < -0.39 is 11.7 Å². The number of aromatic hydroxyl groups is 1. The highest BCUT2D eigenvalue weighted by atomic mass is 19.4. The number of phenols is 1. The first-order chi connectivity index (χ1) is 58.7. The molecule has 15 heterocycles. The summed E-state index contributed by atoms with van der Waals surface area (Å²) in [5.74, 6) is 1.81. The van der Waals surface area contributed by atoms with Crippen molar-refractivity contribution >= 4 is 113 Å². The first-order valence-corrected chi connectivity index (χ1v) is 37.7. The molecule has 20 aromatic rings. The van der Waals surface area contributed by atoms with Crippen LogP contribution in [0.5, 0.6) is 5.75 Å². The maximum atomic E-state index is 13.7. The number of aryl methyl sites for hydroxylation is 3. The maximum Gasteiger partial charge on any atom is 0.418 e. The Labute approximate surface area is 681 Å². The number of pyridine rings is 5. The van der Waals surface area contributed by atoms with E-state index in [0.29, 0.717) is 46.5 Å². The predicted molar refractivity (Wildman–Crippen MR) is 460 cm³/mol. The molecule has 0 spiro atoms. The van der Waals surface area contributed by atoms with Gasteiger partial charge in [-0.3, -0.25) is 0 Å². The molecule has 0 aliphatic rings. The van der Waals surface area contributed by atoms with Crippen molar-refractivity contribution < 1.29 is 22.7 Å². The average Bonchev–Trinajstić information content (AvgIpc) is 1.51. The molecule has 0 bridgehead atoms. The molecule has 26 nitrogen and oxygen atoms in total. The van der Waals surface area contributed by atoms with E-state index in [9.17, 15) is 22.7 Å². The van der Waals surface area contributed by atoms with Crippen LogP contribution in [-0.4, -0.2) is 105 Å². The number of hydrogen-bond acceptors (Lipinski definition) is 21. The van der Waals surface area contributed by atoms with Crippen LogP contribution in [0, 0.1) is 19.7 Å². The van der Waals surface area contributed by atoms with Crippen molar-refractivity contribution in [3.63, 3.8) is 0 Å². The van der Waals surface area contributed by atoms with Crippen molar-refractivity contribution in [1.29, 1.82) is 0 Å². The van der Waals surface area contributed by atoms with E-state index in [2.05, 4.69) is 171 Å². The molecular weight excluding hydrogens is 1520 g/mol. The molecule has 0 unspecified atom stereocenters. The standard InChI is InChI=1S/2C19H17N5.C18H12F3N5.C17H12FN5.C17H13N5O/c1-12-5-6-16(13(2)10-12)23-19-21-9-7-17(24-19)15-11-22-18-14(15)4-3-8-20-18;1-2-13-6-3-4-8-16(13)23-19-21-11-9-17(24-19)15-12-22-18-14(15)7-5-10-20-18;19-18(20,21)13-5-1-2-6-15(13)26-17-23-9-7-14(25-17)12-10-24-16-11(12)4-3-8-22-16;18-13-5-1-2-6-15(13)23-17-20-9-7-14(22-17)12-10-21-16-11(12)4-3-8-19-16;23-15-6-2-1-5-14(15)22-17-19-9-7-13(21-17)12-10-20-16-11(12)4-3-8-18-16/h3-11H,1-2H3,(H,20,22)(H,21,23,24);3-12H,2H2,1H3,(H,20,22)(H,21,23,24);1-10H,(H,22,24)(H,23,25,26);1-10H,(H,19,21)(H,20,22,23);1-10,23H,(H,18,20)(H,19,21,22). The predicted octanol–water partition coefficient (Wildman–Crippen LogP) is 20.9. The molecule has 0 fully saturated rings. The number of nitrogens with one attached hydrogen (secondary N) is 10. The number of H-pyrrole nitrogens is 5. The Kier molecular flexibility index (Phi) is 22.9. The van der Waals surface area contributed by atoms with Gasteiger partial charge in [0.1, 0.15) is 39.8 Å².